The van der Waals surface area contributed by atoms with Crippen LogP contribution in [0.5, 0.6) is 0 Å². The van der Waals surface area contributed by atoms with Crippen molar-refractivity contribution in [2.24, 2.45) is 10.9 Å². The number of primary amides is 1. The molecule has 1 aromatic rings. The average Bonchev–Trinajstić information content (AvgIpc) is 2.53. The summed E-state index contributed by atoms with van der Waals surface area (Å²) in [7, 11) is -3.81. The third-order valence-electron chi connectivity index (χ3n) is 3.51. The average molecular weight is 357 g/mol. The molecule has 1 fully saturated rings. The summed E-state index contributed by atoms with van der Waals surface area (Å²) >= 11 is 0. The number of rotatable bonds is 6. The summed E-state index contributed by atoms with van der Waals surface area (Å²) in [4.78, 5) is 23.0. The van der Waals surface area contributed by atoms with Gasteiger partial charge in [-0.25, -0.2) is 13.6 Å². The standard InChI is InChI=1S/C14H19N3O6S/c15-13(18)8-23-12-7-22-6-5-11(12)17-14(19)9-1-3-10(4-2-9)24(16,20)21/h1-4,11-12H,5-8H2,(H2,15,18)(H,17,19)(H2,16,20,21)/t11-,12-/m1/s1. The lowest BCUT2D eigenvalue weighted by Crippen LogP contribution is -2.50. The summed E-state index contributed by atoms with van der Waals surface area (Å²) in [6, 6.07) is 4.91. The minimum absolute atomic E-state index is 0.0761. The van der Waals surface area contributed by atoms with Crippen LogP contribution in [-0.2, 0) is 24.3 Å². The number of hydrogen-bond donors (Lipinski definition) is 3. The molecule has 2 rings (SSSR count). The van der Waals surface area contributed by atoms with Crippen molar-refractivity contribution < 1.29 is 27.5 Å². The lowest BCUT2D eigenvalue weighted by Gasteiger charge is -2.31. The molecule has 0 unspecified atom stereocenters. The normalized spacial score (nSPS) is 21.2. The van der Waals surface area contributed by atoms with E-state index in [0.29, 0.717) is 13.0 Å². The molecule has 0 aromatic heterocycles. The molecule has 9 nitrogen and oxygen atoms in total. The molecule has 132 valence electrons. The van der Waals surface area contributed by atoms with Crippen molar-refractivity contribution in [2.45, 2.75) is 23.5 Å². The second-order valence-electron chi connectivity index (χ2n) is 5.33. The lowest BCUT2D eigenvalue weighted by molar-refractivity contribution is -0.129. The topological polar surface area (TPSA) is 151 Å². The van der Waals surface area contributed by atoms with Crippen LogP contribution in [0.3, 0.4) is 0 Å². The van der Waals surface area contributed by atoms with E-state index < -0.39 is 27.9 Å². The van der Waals surface area contributed by atoms with E-state index >= 15 is 0 Å². The van der Waals surface area contributed by atoms with Gasteiger partial charge >= 0.3 is 0 Å². The number of benzene rings is 1. The number of sulfonamides is 1. The molecule has 1 aromatic carbocycles. The second-order valence-corrected chi connectivity index (χ2v) is 6.89. The Morgan fingerprint density at radius 3 is 2.54 bits per heavy atom. The van der Waals surface area contributed by atoms with Crippen molar-refractivity contribution >= 4 is 21.8 Å². The third kappa shape index (κ3) is 4.99. The number of carbonyl (C=O) groups is 2. The summed E-state index contributed by atoms with van der Waals surface area (Å²) in [5, 5.41) is 7.80. The van der Waals surface area contributed by atoms with Crippen molar-refractivity contribution in [3.63, 3.8) is 0 Å². The molecule has 1 heterocycles. The number of ether oxygens (including phenoxy) is 2. The fraction of sp³-hybridized carbons (Fsp3) is 0.429. The first-order valence-corrected chi connectivity index (χ1v) is 8.73. The lowest BCUT2D eigenvalue weighted by atomic mass is 10.1. The monoisotopic (exact) mass is 357 g/mol. The molecule has 5 N–H and O–H groups in total. The Bertz CT molecular complexity index is 704. The SMILES string of the molecule is NC(=O)CO[C@@H]1COCC[C@H]1NC(=O)c1ccc(S(N)(=O)=O)cc1. The molecule has 2 amide bonds. The first-order valence-electron chi connectivity index (χ1n) is 7.19. The van der Waals surface area contributed by atoms with Crippen molar-refractivity contribution in [3.8, 4) is 0 Å². The zero-order valence-corrected chi connectivity index (χ0v) is 13.6. The Morgan fingerprint density at radius 2 is 1.96 bits per heavy atom. The van der Waals surface area contributed by atoms with Crippen LogP contribution in [0, 0.1) is 0 Å². The Labute approximate surface area is 139 Å². The maximum absolute atomic E-state index is 12.3. The molecular formula is C14H19N3O6S. The smallest absolute Gasteiger partial charge is 0.251 e. The highest BCUT2D eigenvalue weighted by atomic mass is 32.2. The van der Waals surface area contributed by atoms with Crippen LogP contribution in [0.2, 0.25) is 0 Å². The van der Waals surface area contributed by atoms with Crippen LogP contribution in [-0.4, -0.2) is 52.2 Å². The van der Waals surface area contributed by atoms with Gasteiger partial charge in [0.05, 0.1) is 17.5 Å². The van der Waals surface area contributed by atoms with Gasteiger partial charge in [0.25, 0.3) is 5.91 Å². The predicted octanol–water partition coefficient (Wildman–Crippen LogP) is -1.28. The number of hydrogen-bond acceptors (Lipinski definition) is 6. The van der Waals surface area contributed by atoms with Crippen LogP contribution >= 0.6 is 0 Å². The number of nitrogens with one attached hydrogen (secondary N) is 1. The minimum atomic E-state index is -3.81. The summed E-state index contributed by atoms with van der Waals surface area (Å²) in [5.41, 5.74) is 5.33. The molecule has 0 saturated carbocycles. The second kappa shape index (κ2) is 7.71. The van der Waals surface area contributed by atoms with Crippen LogP contribution < -0.4 is 16.2 Å². The van der Waals surface area contributed by atoms with Crippen LogP contribution in [0.15, 0.2) is 29.2 Å². The zero-order valence-electron chi connectivity index (χ0n) is 12.8. The van der Waals surface area contributed by atoms with Crippen molar-refractivity contribution in [3.05, 3.63) is 29.8 Å². The highest BCUT2D eigenvalue weighted by Gasteiger charge is 2.28. The minimum Gasteiger partial charge on any atom is -0.379 e. The van der Waals surface area contributed by atoms with Crippen molar-refractivity contribution in [1.29, 1.82) is 0 Å². The van der Waals surface area contributed by atoms with Gasteiger partial charge in [0.2, 0.25) is 15.9 Å². The molecule has 1 saturated heterocycles. The van der Waals surface area contributed by atoms with Gasteiger partial charge in [0.1, 0.15) is 12.7 Å². The molecule has 0 bridgehead atoms. The summed E-state index contributed by atoms with van der Waals surface area (Å²) in [5.74, 6) is -1.00. The van der Waals surface area contributed by atoms with Crippen LogP contribution in [0.25, 0.3) is 0 Å². The quantitative estimate of drug-likeness (QED) is 0.577. The molecule has 2 atom stereocenters. The molecule has 0 radical (unpaired) electrons. The molecule has 1 aliphatic heterocycles. The number of primary sulfonamides is 1. The maximum atomic E-state index is 12.3. The summed E-state index contributed by atoms with van der Waals surface area (Å²) < 4.78 is 33.0. The van der Waals surface area contributed by atoms with E-state index in [4.69, 9.17) is 20.3 Å². The van der Waals surface area contributed by atoms with Gasteiger partial charge in [-0.05, 0) is 30.7 Å². The van der Waals surface area contributed by atoms with Crippen LogP contribution in [0.1, 0.15) is 16.8 Å². The Balaban J connectivity index is 2.02. The van der Waals surface area contributed by atoms with E-state index in [2.05, 4.69) is 5.32 Å². The fourth-order valence-corrected chi connectivity index (χ4v) is 2.79. The van der Waals surface area contributed by atoms with E-state index in [1.807, 2.05) is 0 Å². The molecule has 10 heteroatoms. The molecular weight excluding hydrogens is 338 g/mol. The summed E-state index contributed by atoms with van der Waals surface area (Å²) in [6.45, 7) is 0.428. The largest absolute Gasteiger partial charge is 0.379 e. The van der Waals surface area contributed by atoms with Crippen LogP contribution in [0.4, 0.5) is 0 Å². The van der Waals surface area contributed by atoms with Gasteiger partial charge in [-0.1, -0.05) is 0 Å². The molecule has 1 aliphatic rings. The van der Waals surface area contributed by atoms with E-state index in [-0.39, 0.29) is 29.7 Å². The van der Waals surface area contributed by atoms with Gasteiger partial charge in [-0.3, -0.25) is 9.59 Å². The Kier molecular flexibility index (Phi) is 5.89. The van der Waals surface area contributed by atoms with E-state index in [0.717, 1.165) is 0 Å². The zero-order chi connectivity index (χ0) is 17.7. The first-order chi connectivity index (χ1) is 11.3. The predicted molar refractivity (Wildman–Crippen MR) is 83.4 cm³/mol. The number of carbonyl (C=O) groups excluding carboxylic acids is 2. The fourth-order valence-electron chi connectivity index (χ4n) is 2.28. The highest BCUT2D eigenvalue weighted by molar-refractivity contribution is 7.89. The van der Waals surface area contributed by atoms with Crippen molar-refractivity contribution in [2.75, 3.05) is 19.8 Å². The van der Waals surface area contributed by atoms with Gasteiger partial charge in [-0.15, -0.1) is 0 Å². The Morgan fingerprint density at radius 1 is 1.29 bits per heavy atom. The number of amides is 2. The molecule has 0 aliphatic carbocycles. The van der Waals surface area contributed by atoms with E-state index in [9.17, 15) is 18.0 Å². The van der Waals surface area contributed by atoms with Crippen molar-refractivity contribution in [1.82, 2.24) is 5.32 Å². The van der Waals surface area contributed by atoms with Gasteiger partial charge in [-0.2, -0.15) is 0 Å². The third-order valence-corrected chi connectivity index (χ3v) is 4.43. The first kappa shape index (κ1) is 18.3. The summed E-state index contributed by atoms with van der Waals surface area (Å²) in [6.07, 6.45) is 0.0311. The Hall–Kier alpha value is -2.01. The van der Waals surface area contributed by atoms with E-state index in [1.54, 1.807) is 0 Å². The van der Waals surface area contributed by atoms with Gasteiger partial charge in [0.15, 0.2) is 0 Å². The van der Waals surface area contributed by atoms with Gasteiger partial charge in [0, 0.05) is 12.2 Å². The molecule has 0 spiro atoms. The van der Waals surface area contributed by atoms with Gasteiger partial charge < -0.3 is 20.5 Å². The van der Waals surface area contributed by atoms with E-state index in [1.165, 1.54) is 24.3 Å². The number of nitrogens with two attached hydrogens (primary N) is 2. The molecule has 24 heavy (non-hydrogen) atoms. The maximum Gasteiger partial charge on any atom is 0.251 e. The highest BCUT2D eigenvalue weighted by Crippen LogP contribution is 2.14.